The van der Waals surface area contributed by atoms with Crippen LogP contribution in [0.2, 0.25) is 0 Å². The number of aryl methyl sites for hydroxylation is 1. The van der Waals surface area contributed by atoms with Gasteiger partial charge in [0.15, 0.2) is 5.82 Å². The van der Waals surface area contributed by atoms with Gasteiger partial charge >= 0.3 is 0 Å². The van der Waals surface area contributed by atoms with Gasteiger partial charge in [-0.25, -0.2) is 4.39 Å². The van der Waals surface area contributed by atoms with Crippen LogP contribution in [-0.4, -0.2) is 15.3 Å². The van der Waals surface area contributed by atoms with E-state index in [4.69, 9.17) is 4.74 Å². The van der Waals surface area contributed by atoms with Crippen molar-refractivity contribution in [1.29, 1.82) is 0 Å². The Morgan fingerprint density at radius 1 is 1.00 bits per heavy atom. The number of nitrogens with zero attached hydrogens (tertiary/aromatic N) is 2. The van der Waals surface area contributed by atoms with Crippen molar-refractivity contribution in [2.24, 2.45) is 0 Å². The summed E-state index contributed by atoms with van der Waals surface area (Å²) in [6.07, 6.45) is 0.498. The Morgan fingerprint density at radius 2 is 1.70 bits per heavy atom. The normalized spacial score (nSPS) is 10.6. The number of hydrogen-bond acceptors (Lipinski definition) is 5. The first-order valence-electron chi connectivity index (χ1n) is 9.28. The number of ether oxygens (including phenoxy) is 1. The van der Waals surface area contributed by atoms with E-state index in [0.717, 1.165) is 28.3 Å². The van der Waals surface area contributed by atoms with E-state index < -0.39 is 0 Å². The third-order valence-corrected chi connectivity index (χ3v) is 4.99. The zero-order valence-corrected chi connectivity index (χ0v) is 16.9. The average molecular weight is 419 g/mol. The average Bonchev–Trinajstić information content (AvgIpc) is 3.18. The largest absolute Gasteiger partial charge is 0.430 e. The number of anilines is 1. The lowest BCUT2D eigenvalue weighted by Crippen LogP contribution is -2.11. The second-order valence-electron chi connectivity index (χ2n) is 6.73. The molecule has 1 amide bonds. The smallest absolute Gasteiger partial charge is 0.298 e. The van der Waals surface area contributed by atoms with Gasteiger partial charge in [0.1, 0.15) is 11.6 Å². The molecule has 1 N–H and O–H groups in total. The van der Waals surface area contributed by atoms with Crippen molar-refractivity contribution in [1.82, 2.24) is 9.36 Å². The van der Waals surface area contributed by atoms with Crippen LogP contribution in [-0.2, 0) is 6.42 Å². The van der Waals surface area contributed by atoms with E-state index in [9.17, 15) is 9.18 Å². The molecule has 7 heteroatoms. The highest BCUT2D eigenvalue weighted by Crippen LogP contribution is 2.24. The van der Waals surface area contributed by atoms with Gasteiger partial charge in [0, 0.05) is 29.2 Å². The minimum absolute atomic E-state index is 0.192. The lowest BCUT2D eigenvalue weighted by molar-refractivity contribution is 0.102. The molecule has 150 valence electrons. The monoisotopic (exact) mass is 419 g/mol. The summed E-state index contributed by atoms with van der Waals surface area (Å²) in [5, 5.41) is 3.27. The van der Waals surface area contributed by atoms with Crippen LogP contribution in [0.5, 0.6) is 10.9 Å². The third kappa shape index (κ3) is 5.07. The molecule has 0 saturated carbocycles. The molecular formula is C23H18FN3O2S. The number of benzene rings is 3. The lowest BCUT2D eigenvalue weighted by Gasteiger charge is -2.06. The van der Waals surface area contributed by atoms with E-state index in [2.05, 4.69) is 14.7 Å². The number of amides is 1. The molecule has 5 nitrogen and oxygen atoms in total. The highest BCUT2D eigenvalue weighted by Gasteiger charge is 2.10. The van der Waals surface area contributed by atoms with Crippen molar-refractivity contribution in [2.45, 2.75) is 13.3 Å². The summed E-state index contributed by atoms with van der Waals surface area (Å²) < 4.78 is 23.0. The number of carbonyl (C=O) groups excluding carboxylic acids is 1. The fraction of sp³-hybridized carbons (Fsp3) is 0.0870. The second-order valence-corrected chi connectivity index (χ2v) is 7.44. The van der Waals surface area contributed by atoms with Crippen molar-refractivity contribution >= 4 is 23.1 Å². The molecule has 0 saturated heterocycles. The fourth-order valence-electron chi connectivity index (χ4n) is 2.75. The molecule has 4 rings (SSSR count). The van der Waals surface area contributed by atoms with Gasteiger partial charge in [0.25, 0.3) is 11.1 Å². The molecule has 0 fully saturated rings. The molecule has 0 radical (unpaired) electrons. The van der Waals surface area contributed by atoms with Gasteiger partial charge in [-0.1, -0.05) is 29.8 Å². The molecule has 3 aromatic carbocycles. The van der Waals surface area contributed by atoms with Gasteiger partial charge in [-0.05, 0) is 61.0 Å². The zero-order chi connectivity index (χ0) is 20.9. The maximum absolute atomic E-state index is 13.0. The summed E-state index contributed by atoms with van der Waals surface area (Å²) in [5.41, 5.74) is 3.32. The van der Waals surface area contributed by atoms with Crippen LogP contribution in [0.15, 0.2) is 72.8 Å². The molecule has 1 aromatic heterocycles. The van der Waals surface area contributed by atoms with Crippen LogP contribution in [0.3, 0.4) is 0 Å². The molecule has 0 atom stereocenters. The molecule has 0 unspecified atom stereocenters. The number of rotatable bonds is 6. The molecule has 0 aliphatic carbocycles. The fourth-order valence-corrected chi connectivity index (χ4v) is 3.32. The van der Waals surface area contributed by atoms with Gasteiger partial charge in [-0.2, -0.15) is 9.36 Å². The summed E-state index contributed by atoms with van der Waals surface area (Å²) in [5.74, 6) is 0.704. The molecule has 1 heterocycles. The maximum Gasteiger partial charge on any atom is 0.298 e. The van der Waals surface area contributed by atoms with Crippen LogP contribution in [0.1, 0.15) is 27.3 Å². The summed E-state index contributed by atoms with van der Waals surface area (Å²) >= 11 is 1.14. The SMILES string of the molecule is Cc1ccc(NC(=O)c2ccc(Oc3nc(Cc4ccc(F)cc4)ns3)cc2)cc1. The van der Waals surface area contributed by atoms with E-state index in [1.165, 1.54) is 12.1 Å². The molecule has 0 aliphatic heterocycles. The first-order chi connectivity index (χ1) is 14.5. The zero-order valence-electron chi connectivity index (χ0n) is 16.1. The van der Waals surface area contributed by atoms with Gasteiger partial charge in [0.05, 0.1) is 0 Å². The first kappa shape index (κ1) is 19.7. The number of nitrogens with one attached hydrogen (secondary N) is 1. The van der Waals surface area contributed by atoms with Gasteiger partial charge in [-0.3, -0.25) is 4.79 Å². The molecule has 0 bridgehead atoms. The Kier molecular flexibility index (Phi) is 5.81. The summed E-state index contributed by atoms with van der Waals surface area (Å²) in [6, 6.07) is 20.7. The van der Waals surface area contributed by atoms with Crippen molar-refractivity contribution in [3.8, 4) is 10.9 Å². The van der Waals surface area contributed by atoms with Crippen LogP contribution in [0.25, 0.3) is 0 Å². The van der Waals surface area contributed by atoms with Crippen molar-refractivity contribution in [2.75, 3.05) is 5.32 Å². The molecular weight excluding hydrogens is 401 g/mol. The quantitative estimate of drug-likeness (QED) is 0.440. The van der Waals surface area contributed by atoms with Crippen molar-refractivity contribution < 1.29 is 13.9 Å². The van der Waals surface area contributed by atoms with Gasteiger partial charge < -0.3 is 10.1 Å². The predicted octanol–water partition coefficient (Wildman–Crippen LogP) is 5.62. The summed E-state index contributed by atoms with van der Waals surface area (Å²) in [4.78, 5) is 16.7. The number of aromatic nitrogens is 2. The number of carbonyl (C=O) groups is 1. The summed E-state index contributed by atoms with van der Waals surface area (Å²) in [6.45, 7) is 1.99. The Labute approximate surface area is 177 Å². The third-order valence-electron chi connectivity index (χ3n) is 4.36. The van der Waals surface area contributed by atoms with Gasteiger partial charge in [-0.15, -0.1) is 0 Å². The second kappa shape index (κ2) is 8.84. The predicted molar refractivity (Wildman–Crippen MR) is 115 cm³/mol. The molecule has 30 heavy (non-hydrogen) atoms. The number of halogens is 1. The summed E-state index contributed by atoms with van der Waals surface area (Å²) in [7, 11) is 0. The van der Waals surface area contributed by atoms with Gasteiger partial charge in [0.2, 0.25) is 0 Å². The van der Waals surface area contributed by atoms with E-state index in [0.29, 0.717) is 28.8 Å². The van der Waals surface area contributed by atoms with Crippen molar-refractivity contribution in [3.05, 3.63) is 101 Å². The van der Waals surface area contributed by atoms with Crippen molar-refractivity contribution in [3.63, 3.8) is 0 Å². The standard InChI is InChI=1S/C23H18FN3O2S/c1-15-2-10-19(11-3-15)25-22(28)17-6-12-20(13-7-17)29-23-26-21(27-30-23)14-16-4-8-18(24)9-5-16/h2-13H,14H2,1H3,(H,25,28). The van der Waals surface area contributed by atoms with E-state index in [-0.39, 0.29) is 11.7 Å². The van der Waals surface area contributed by atoms with E-state index in [1.54, 1.807) is 36.4 Å². The van der Waals surface area contributed by atoms with Crippen LogP contribution in [0.4, 0.5) is 10.1 Å². The highest BCUT2D eigenvalue weighted by atomic mass is 32.1. The molecule has 4 aromatic rings. The molecule has 0 aliphatic rings. The Morgan fingerprint density at radius 3 is 2.40 bits per heavy atom. The lowest BCUT2D eigenvalue weighted by atomic mass is 10.1. The Bertz CT molecular complexity index is 1140. The minimum atomic E-state index is -0.273. The van der Waals surface area contributed by atoms with E-state index >= 15 is 0 Å². The van der Waals surface area contributed by atoms with Crippen LogP contribution in [0, 0.1) is 12.7 Å². The number of hydrogen-bond donors (Lipinski definition) is 1. The van der Waals surface area contributed by atoms with Crippen LogP contribution < -0.4 is 10.1 Å². The first-order valence-corrected chi connectivity index (χ1v) is 10.1. The highest BCUT2D eigenvalue weighted by molar-refractivity contribution is 7.07. The van der Waals surface area contributed by atoms with Crippen LogP contribution >= 0.6 is 11.5 Å². The minimum Gasteiger partial charge on any atom is -0.430 e. The Hall–Kier alpha value is -3.58. The topological polar surface area (TPSA) is 64.1 Å². The van der Waals surface area contributed by atoms with E-state index in [1.807, 2.05) is 31.2 Å². The Balaban J connectivity index is 1.36. The maximum atomic E-state index is 13.0. The molecule has 0 spiro atoms.